The van der Waals surface area contributed by atoms with Crippen LogP contribution in [0.3, 0.4) is 0 Å². The van der Waals surface area contributed by atoms with Crippen molar-refractivity contribution in [2.24, 2.45) is 5.41 Å². The number of hydrogen-bond acceptors (Lipinski definition) is 2. The average molecular weight is 305 g/mol. The second-order valence-corrected chi connectivity index (χ2v) is 6.49. The lowest BCUT2D eigenvalue weighted by atomic mass is 9.86. The van der Waals surface area contributed by atoms with E-state index in [0.29, 0.717) is 31.7 Å². The number of carbonyl (C=O) groups excluding carboxylic acids is 2. The minimum Gasteiger partial charge on any atom is -0.331 e. The summed E-state index contributed by atoms with van der Waals surface area (Å²) in [7, 11) is 3.46. The first-order valence-electron chi connectivity index (χ1n) is 7.42. The van der Waals surface area contributed by atoms with E-state index in [1.165, 1.54) is 12.1 Å². The zero-order valence-electron chi connectivity index (χ0n) is 12.9. The van der Waals surface area contributed by atoms with Gasteiger partial charge in [0.05, 0.1) is 0 Å². The van der Waals surface area contributed by atoms with E-state index in [1.807, 2.05) is 0 Å². The molecule has 0 unspecified atom stereocenters. The number of nitrogens with zero attached hydrogens (tertiary/aromatic N) is 3. The Bertz CT molecular complexity index is 619. The summed E-state index contributed by atoms with van der Waals surface area (Å²) in [5.41, 5.74) is 0.397. The molecule has 2 aliphatic rings. The van der Waals surface area contributed by atoms with Crippen molar-refractivity contribution in [3.8, 4) is 0 Å². The summed E-state index contributed by atoms with van der Waals surface area (Å²) in [4.78, 5) is 29.4. The molecule has 3 amide bonds. The van der Waals surface area contributed by atoms with Crippen molar-refractivity contribution in [3.63, 3.8) is 0 Å². The van der Waals surface area contributed by atoms with Crippen LogP contribution in [0.4, 0.5) is 14.9 Å². The van der Waals surface area contributed by atoms with Crippen molar-refractivity contribution < 1.29 is 14.0 Å². The summed E-state index contributed by atoms with van der Waals surface area (Å²) in [6.45, 7) is 1.80. The third-order valence-corrected chi connectivity index (χ3v) is 4.53. The summed E-state index contributed by atoms with van der Waals surface area (Å²) in [5.74, 6) is -0.341. The molecule has 22 heavy (non-hydrogen) atoms. The number of likely N-dealkylation sites (tertiary alicyclic amines) is 1. The Morgan fingerprint density at radius 3 is 2.77 bits per heavy atom. The number of anilines is 1. The Morgan fingerprint density at radius 1 is 1.32 bits per heavy atom. The van der Waals surface area contributed by atoms with Crippen molar-refractivity contribution >= 4 is 17.6 Å². The molecule has 2 heterocycles. The van der Waals surface area contributed by atoms with Crippen molar-refractivity contribution in [1.29, 1.82) is 0 Å². The quantitative estimate of drug-likeness (QED) is 0.796. The largest absolute Gasteiger partial charge is 0.331 e. The van der Waals surface area contributed by atoms with Gasteiger partial charge in [0, 0.05) is 51.3 Å². The first-order valence-corrected chi connectivity index (χ1v) is 7.42. The Kier molecular flexibility index (Phi) is 3.54. The lowest BCUT2D eigenvalue weighted by Crippen LogP contribution is -2.39. The molecule has 1 aromatic rings. The van der Waals surface area contributed by atoms with Crippen LogP contribution in [-0.2, 0) is 4.79 Å². The van der Waals surface area contributed by atoms with Gasteiger partial charge in [-0.05, 0) is 24.6 Å². The highest BCUT2D eigenvalue weighted by molar-refractivity contribution is 5.96. The first kappa shape index (κ1) is 14.8. The highest BCUT2D eigenvalue weighted by Crippen LogP contribution is 2.42. The van der Waals surface area contributed by atoms with Crippen LogP contribution in [0.2, 0.25) is 0 Å². The van der Waals surface area contributed by atoms with Crippen LogP contribution in [0.1, 0.15) is 12.8 Å². The van der Waals surface area contributed by atoms with Crippen LogP contribution in [0.25, 0.3) is 0 Å². The molecule has 0 N–H and O–H groups in total. The van der Waals surface area contributed by atoms with Crippen LogP contribution >= 0.6 is 0 Å². The van der Waals surface area contributed by atoms with E-state index in [2.05, 4.69) is 0 Å². The summed E-state index contributed by atoms with van der Waals surface area (Å²) < 4.78 is 13.4. The molecule has 0 bridgehead atoms. The maximum absolute atomic E-state index is 13.4. The number of urea groups is 1. The zero-order chi connectivity index (χ0) is 15.9. The van der Waals surface area contributed by atoms with Gasteiger partial charge in [0.2, 0.25) is 5.91 Å². The first-order chi connectivity index (χ1) is 10.4. The van der Waals surface area contributed by atoms with Crippen LogP contribution in [0.15, 0.2) is 24.3 Å². The minimum atomic E-state index is -0.345. The predicted molar refractivity (Wildman–Crippen MR) is 81.1 cm³/mol. The molecule has 118 valence electrons. The van der Waals surface area contributed by atoms with E-state index >= 15 is 0 Å². The molecule has 2 fully saturated rings. The van der Waals surface area contributed by atoms with Gasteiger partial charge in [0.25, 0.3) is 0 Å². The van der Waals surface area contributed by atoms with Gasteiger partial charge in [-0.1, -0.05) is 6.07 Å². The molecule has 0 aromatic heterocycles. The fourth-order valence-corrected chi connectivity index (χ4v) is 3.43. The Morgan fingerprint density at radius 2 is 2.09 bits per heavy atom. The zero-order valence-corrected chi connectivity index (χ0v) is 12.9. The topological polar surface area (TPSA) is 43.9 Å². The molecular formula is C16H20FN3O2. The monoisotopic (exact) mass is 305 g/mol. The average Bonchev–Trinajstić information content (AvgIpc) is 3.02. The molecule has 0 saturated carbocycles. The van der Waals surface area contributed by atoms with Crippen LogP contribution in [0.5, 0.6) is 0 Å². The molecule has 0 radical (unpaired) electrons. The second-order valence-electron chi connectivity index (χ2n) is 6.49. The van der Waals surface area contributed by atoms with Crippen LogP contribution in [-0.4, -0.2) is 55.5 Å². The molecule has 2 aliphatic heterocycles. The van der Waals surface area contributed by atoms with Gasteiger partial charge in [0.15, 0.2) is 0 Å². The van der Waals surface area contributed by atoms with E-state index in [4.69, 9.17) is 0 Å². The van der Waals surface area contributed by atoms with Gasteiger partial charge in [-0.25, -0.2) is 9.18 Å². The van der Waals surface area contributed by atoms with Gasteiger partial charge in [-0.15, -0.1) is 0 Å². The van der Waals surface area contributed by atoms with E-state index in [1.54, 1.807) is 40.9 Å². The highest BCUT2D eigenvalue weighted by atomic mass is 19.1. The number of hydrogen-bond donors (Lipinski definition) is 0. The lowest BCUT2D eigenvalue weighted by molar-refractivity contribution is -0.117. The van der Waals surface area contributed by atoms with Crippen LogP contribution < -0.4 is 4.90 Å². The van der Waals surface area contributed by atoms with E-state index in [-0.39, 0.29) is 23.2 Å². The molecule has 5 nitrogen and oxygen atoms in total. The summed E-state index contributed by atoms with van der Waals surface area (Å²) in [6.07, 6.45) is 1.23. The van der Waals surface area contributed by atoms with Crippen molar-refractivity contribution in [1.82, 2.24) is 9.80 Å². The Balaban J connectivity index is 1.76. The maximum atomic E-state index is 13.4. The SMILES string of the molecule is CN(C)C(=O)N1CC[C@]2(CC(=O)N(c3cccc(F)c3)C2)C1. The van der Waals surface area contributed by atoms with Gasteiger partial charge in [-0.3, -0.25) is 4.79 Å². The number of halogens is 1. The third kappa shape index (κ3) is 2.53. The van der Waals surface area contributed by atoms with E-state index in [9.17, 15) is 14.0 Å². The Hall–Kier alpha value is -2.11. The smallest absolute Gasteiger partial charge is 0.319 e. The number of benzene rings is 1. The van der Waals surface area contributed by atoms with Crippen molar-refractivity contribution in [2.75, 3.05) is 38.6 Å². The second kappa shape index (κ2) is 5.26. The molecule has 1 aromatic carbocycles. The van der Waals surface area contributed by atoms with E-state index < -0.39 is 0 Å². The summed E-state index contributed by atoms with van der Waals surface area (Å²) in [5, 5.41) is 0. The van der Waals surface area contributed by atoms with Crippen molar-refractivity contribution in [2.45, 2.75) is 12.8 Å². The fraction of sp³-hybridized carbons (Fsp3) is 0.500. The van der Waals surface area contributed by atoms with Gasteiger partial charge >= 0.3 is 6.03 Å². The standard InChI is InChI=1S/C16H20FN3O2/c1-18(2)15(22)19-7-6-16(10-19)9-14(21)20(11-16)13-5-3-4-12(17)8-13/h3-5,8H,6-7,9-11H2,1-2H3/t16-/m0/s1. The molecule has 3 rings (SSSR count). The maximum Gasteiger partial charge on any atom is 0.319 e. The van der Waals surface area contributed by atoms with E-state index in [0.717, 1.165) is 6.42 Å². The van der Waals surface area contributed by atoms with Gasteiger partial charge < -0.3 is 14.7 Å². The Labute approximate surface area is 129 Å². The van der Waals surface area contributed by atoms with Gasteiger partial charge in [-0.2, -0.15) is 0 Å². The third-order valence-electron chi connectivity index (χ3n) is 4.53. The summed E-state index contributed by atoms with van der Waals surface area (Å²) in [6, 6.07) is 6.09. The fourth-order valence-electron chi connectivity index (χ4n) is 3.43. The highest BCUT2D eigenvalue weighted by Gasteiger charge is 2.49. The number of carbonyl (C=O) groups is 2. The molecule has 1 spiro atoms. The predicted octanol–water partition coefficient (Wildman–Crippen LogP) is 1.94. The number of amides is 3. The summed E-state index contributed by atoms with van der Waals surface area (Å²) >= 11 is 0. The molecular weight excluding hydrogens is 285 g/mol. The molecule has 2 saturated heterocycles. The number of rotatable bonds is 1. The van der Waals surface area contributed by atoms with Gasteiger partial charge in [0.1, 0.15) is 5.82 Å². The minimum absolute atomic E-state index is 0.00440. The van der Waals surface area contributed by atoms with Crippen LogP contribution in [0, 0.1) is 11.2 Å². The van der Waals surface area contributed by atoms with Crippen molar-refractivity contribution in [3.05, 3.63) is 30.1 Å². The molecule has 0 aliphatic carbocycles. The lowest BCUT2D eigenvalue weighted by Gasteiger charge is -2.25. The molecule has 6 heteroatoms. The normalized spacial score (nSPS) is 24.4. The molecule has 1 atom stereocenters.